The first-order valence-corrected chi connectivity index (χ1v) is 35.8. The Labute approximate surface area is 542 Å². The van der Waals surface area contributed by atoms with Crippen molar-refractivity contribution in [1.29, 1.82) is 0 Å². The van der Waals surface area contributed by atoms with Crippen LogP contribution in [0.5, 0.6) is 0 Å². The molecule has 9 rings (SSSR count). The van der Waals surface area contributed by atoms with Crippen LogP contribution in [0.3, 0.4) is 0 Å². The van der Waals surface area contributed by atoms with Crippen LogP contribution >= 0.6 is 7.82 Å². The van der Waals surface area contributed by atoms with Gasteiger partial charge in [-0.3, -0.25) is 13.6 Å². The molecule has 3 amide bonds. The predicted octanol–water partition coefficient (Wildman–Crippen LogP) is 8.18. The summed E-state index contributed by atoms with van der Waals surface area (Å²) in [4.78, 5) is 42.7. The van der Waals surface area contributed by atoms with Gasteiger partial charge in [0.15, 0.2) is 0 Å². The minimum atomic E-state index is -6.31. The van der Waals surface area contributed by atoms with Crippen LogP contribution in [0.4, 0.5) is 53.9 Å². The van der Waals surface area contributed by atoms with Crippen molar-refractivity contribution in [1.82, 2.24) is 27.6 Å². The standard InChI is InChI=1S/C57H72F9N6O19PS3/c1-67(93(77,78)43-13-7-4-8-14-43)40-31-52(83-34-40)19-25-70(26-20-52)49(73)89-46(55(58,59)60)37-86-92(76,87-38-47(56(61,62)63)90-50(74)71-27-21-53(22-28-71)32-41(35-84-53)68(2)94(79,80)44-15-9-5-10-16-44)88-39-48(57(64,65)66)91-51(75)72-29-23-54(24-30-72)33-42(36-85-54)69(3)95(81,82)45-17-11-6-12-18-45/h4-18,40-42,46-48H,19-39H2,1-3H3/t40-,41-,42-,46-,47-,48-/m1/s1. The fourth-order valence-corrected chi connectivity index (χ4v) is 17.4. The van der Waals surface area contributed by atoms with E-state index in [1.54, 1.807) is 18.2 Å². The lowest BCUT2D eigenvalue weighted by Gasteiger charge is -2.39. The van der Waals surface area contributed by atoms with Gasteiger partial charge in [-0.25, -0.2) is 44.2 Å². The maximum Gasteiger partial charge on any atom is 0.475 e. The number of nitrogens with zero attached hydrogens (tertiary/aromatic N) is 6. The molecule has 6 aliphatic rings. The van der Waals surface area contributed by atoms with Crippen LogP contribution in [-0.4, -0.2) is 243 Å². The third-order valence-electron chi connectivity index (χ3n) is 18.1. The van der Waals surface area contributed by atoms with Gasteiger partial charge in [0.2, 0.25) is 48.4 Å². The van der Waals surface area contributed by atoms with E-state index in [2.05, 4.69) is 0 Å². The van der Waals surface area contributed by atoms with Gasteiger partial charge < -0.3 is 43.1 Å². The average Bonchev–Trinajstić information content (AvgIpc) is 1.68. The molecule has 0 radical (unpaired) electrons. The minimum Gasteiger partial charge on any atom is -0.434 e. The summed E-state index contributed by atoms with van der Waals surface area (Å²) in [5.41, 5.74) is -3.12. The zero-order valence-corrected chi connectivity index (χ0v) is 54.8. The van der Waals surface area contributed by atoms with Gasteiger partial charge in [0, 0.05) is 60.4 Å². The topological polar surface area (TPSA) is 273 Å². The molecule has 6 atom stereocenters. The zero-order valence-electron chi connectivity index (χ0n) is 51.5. The van der Waals surface area contributed by atoms with Crippen molar-refractivity contribution in [3.05, 3.63) is 91.0 Å². The molecule has 0 bridgehead atoms. The summed E-state index contributed by atoms with van der Waals surface area (Å²) in [6, 6.07) is 20.4. The Hall–Kier alpha value is -5.44. The first-order valence-electron chi connectivity index (χ1n) is 30.0. The zero-order chi connectivity index (χ0) is 69.2. The van der Waals surface area contributed by atoms with Gasteiger partial charge in [0.05, 0.1) is 69.4 Å². The largest absolute Gasteiger partial charge is 0.475 e. The van der Waals surface area contributed by atoms with Crippen molar-refractivity contribution in [3.63, 3.8) is 0 Å². The molecule has 0 saturated carbocycles. The average molecular weight is 1440 g/mol. The Morgan fingerprint density at radius 2 is 0.674 bits per heavy atom. The second-order valence-electron chi connectivity index (χ2n) is 24.1. The van der Waals surface area contributed by atoms with Gasteiger partial charge in [-0.15, -0.1) is 0 Å². The predicted molar refractivity (Wildman–Crippen MR) is 312 cm³/mol. The van der Waals surface area contributed by atoms with Crippen molar-refractivity contribution in [3.8, 4) is 0 Å². The number of benzene rings is 3. The van der Waals surface area contributed by atoms with Crippen molar-refractivity contribution in [2.75, 3.05) is 100 Å². The van der Waals surface area contributed by atoms with Crippen molar-refractivity contribution < 1.29 is 126 Å². The summed E-state index contributed by atoms with van der Waals surface area (Å²) in [5, 5.41) is 0. The number of carbonyl (C=O) groups is 3. The number of phosphoric ester groups is 1. The molecule has 6 fully saturated rings. The molecule has 6 aliphatic heterocycles. The SMILES string of the molecule is CN([C@H]1COC2(CCN(C(=O)O[C@H](COP(=O)(OC[C@@H](OC(=O)N3CCC4(CC3)C[C@@H](N(C)S(=O)(=O)c3ccccc3)CO4)C(F)(F)F)OC[C@@H](OC(=O)N3CCC4(CC3)C[C@@H](N(C)S(=O)(=O)c3ccccc3)CO4)C(F)(F)F)C(F)(F)F)CC2)C1)S(=O)(=O)c1ccccc1. The van der Waals surface area contributed by atoms with E-state index in [4.69, 9.17) is 42.0 Å². The van der Waals surface area contributed by atoms with E-state index in [9.17, 15) is 83.7 Å². The van der Waals surface area contributed by atoms with Gasteiger partial charge in [-0.2, -0.15) is 52.4 Å². The molecule has 0 unspecified atom stereocenters. The lowest BCUT2D eigenvalue weighted by atomic mass is 9.87. The lowest BCUT2D eigenvalue weighted by Crippen LogP contribution is -2.49. The molecule has 3 aromatic rings. The quantitative estimate of drug-likeness (QED) is 0.0552. The van der Waals surface area contributed by atoms with E-state index >= 15 is 0 Å². The van der Waals surface area contributed by atoms with Crippen LogP contribution in [0.1, 0.15) is 57.8 Å². The number of halogens is 9. The van der Waals surface area contributed by atoms with E-state index in [0.29, 0.717) is 0 Å². The van der Waals surface area contributed by atoms with Crippen LogP contribution in [0, 0.1) is 0 Å². The van der Waals surface area contributed by atoms with E-state index in [1.165, 1.54) is 93.9 Å². The number of hydrogen-bond donors (Lipinski definition) is 0. The Kier molecular flexibility index (Phi) is 22.4. The first-order chi connectivity index (χ1) is 44.4. The van der Waals surface area contributed by atoms with Crippen molar-refractivity contribution in [2.24, 2.45) is 0 Å². The van der Waals surface area contributed by atoms with Gasteiger partial charge in [-0.1, -0.05) is 54.6 Å². The van der Waals surface area contributed by atoms with Crippen LogP contribution in [0.25, 0.3) is 0 Å². The highest BCUT2D eigenvalue weighted by atomic mass is 32.2. The number of phosphoric acid groups is 1. The smallest absolute Gasteiger partial charge is 0.434 e. The van der Waals surface area contributed by atoms with E-state index in [0.717, 1.165) is 27.6 Å². The highest BCUT2D eigenvalue weighted by Crippen LogP contribution is 2.52. The Morgan fingerprint density at radius 3 is 0.884 bits per heavy atom. The fourth-order valence-electron chi connectivity index (χ4n) is 12.1. The number of ether oxygens (including phenoxy) is 6. The third-order valence-corrected chi connectivity index (χ3v) is 25.3. The van der Waals surface area contributed by atoms with Gasteiger partial charge in [0.25, 0.3) is 0 Å². The number of sulfonamides is 3. The van der Waals surface area contributed by atoms with Gasteiger partial charge in [-0.05, 0) is 94.2 Å². The first kappa shape index (κ1) is 73.8. The minimum absolute atomic E-state index is 0.00732. The monoisotopic (exact) mass is 1440 g/mol. The molecular weight excluding hydrogens is 1370 g/mol. The van der Waals surface area contributed by atoms with E-state index < -0.39 is 148 Å². The maximum atomic E-state index is 14.8. The molecule has 38 heteroatoms. The van der Waals surface area contributed by atoms with Gasteiger partial charge in [0.1, 0.15) is 19.8 Å². The Morgan fingerprint density at radius 1 is 0.453 bits per heavy atom. The highest BCUT2D eigenvalue weighted by Gasteiger charge is 2.54. The molecule has 95 heavy (non-hydrogen) atoms. The number of likely N-dealkylation sites (N-methyl/N-ethyl adjacent to an activating group) is 3. The summed E-state index contributed by atoms with van der Waals surface area (Å²) in [6.07, 6.45) is -32.4. The summed E-state index contributed by atoms with van der Waals surface area (Å²) in [5.74, 6) is 0. The number of alkyl halides is 9. The third kappa shape index (κ3) is 17.4. The molecule has 0 aromatic heterocycles. The second-order valence-corrected chi connectivity index (χ2v) is 31.8. The number of rotatable bonds is 21. The number of carbonyl (C=O) groups excluding carboxylic acids is 3. The van der Waals surface area contributed by atoms with Crippen LogP contribution in [0.15, 0.2) is 106 Å². The molecule has 0 N–H and O–H groups in total. The Bertz CT molecular complexity index is 3190. The number of likely N-dealkylation sites (tertiary alicyclic amines) is 3. The molecular formula is C57H72F9N6O19PS3. The molecule has 6 heterocycles. The summed E-state index contributed by atoms with van der Waals surface area (Å²) < 4.78 is 277. The fraction of sp³-hybridized carbons (Fsp3) is 0.632. The van der Waals surface area contributed by atoms with E-state index in [1.807, 2.05) is 0 Å². The summed E-state index contributed by atoms with van der Waals surface area (Å²) in [7, 11) is -14.2. The summed E-state index contributed by atoms with van der Waals surface area (Å²) >= 11 is 0. The van der Waals surface area contributed by atoms with Crippen LogP contribution < -0.4 is 0 Å². The highest BCUT2D eigenvalue weighted by molar-refractivity contribution is 7.89. The van der Waals surface area contributed by atoms with Crippen LogP contribution in [-0.2, 0) is 76.6 Å². The lowest BCUT2D eigenvalue weighted by molar-refractivity contribution is -0.221. The maximum absolute atomic E-state index is 14.8. The molecule has 25 nitrogen and oxygen atoms in total. The Balaban J connectivity index is 0.849. The molecule has 6 saturated heterocycles. The van der Waals surface area contributed by atoms with Crippen molar-refractivity contribution in [2.45, 2.75) is 144 Å². The van der Waals surface area contributed by atoms with Gasteiger partial charge >= 0.3 is 44.6 Å². The number of amides is 3. The normalized spacial score (nSPS) is 23.0. The van der Waals surface area contributed by atoms with Crippen LogP contribution in [0.2, 0.25) is 0 Å². The molecule has 3 spiro atoms. The second kappa shape index (κ2) is 28.8. The molecule has 530 valence electrons. The number of piperidine rings is 3. The summed E-state index contributed by atoms with van der Waals surface area (Å²) in [6.45, 7) is -8.74. The number of hydrogen-bond acceptors (Lipinski definition) is 19. The van der Waals surface area contributed by atoms with Crippen molar-refractivity contribution >= 4 is 56.2 Å². The molecule has 0 aliphatic carbocycles. The van der Waals surface area contributed by atoms with E-state index in [-0.39, 0.29) is 132 Å². The molecule has 3 aromatic carbocycles.